The van der Waals surface area contributed by atoms with E-state index in [-0.39, 0.29) is 24.8 Å². The molecule has 7 heteroatoms. The normalized spacial score (nSPS) is 10.2. The van der Waals surface area contributed by atoms with Crippen molar-refractivity contribution in [1.82, 2.24) is 10.9 Å². The van der Waals surface area contributed by atoms with Gasteiger partial charge in [0.1, 0.15) is 11.6 Å². The third-order valence-electron chi connectivity index (χ3n) is 3.11. The smallest absolute Gasteiger partial charge is 0.276 e. The van der Waals surface area contributed by atoms with Gasteiger partial charge in [0.15, 0.2) is 6.61 Å². The molecule has 0 fully saturated rings. The number of amides is 2. The van der Waals surface area contributed by atoms with Crippen molar-refractivity contribution < 1.29 is 18.7 Å². The molecule has 0 atom stereocenters. The zero-order valence-electron chi connectivity index (χ0n) is 13.8. The second-order valence-corrected chi connectivity index (χ2v) is 6.42. The molecule has 2 aromatic rings. The number of benzene rings is 2. The summed E-state index contributed by atoms with van der Waals surface area (Å²) >= 11 is 1.44. The summed E-state index contributed by atoms with van der Waals surface area (Å²) in [6.45, 7) is 1.74. The minimum absolute atomic E-state index is 0.186. The van der Waals surface area contributed by atoms with Crippen LogP contribution >= 0.6 is 11.8 Å². The first-order chi connectivity index (χ1) is 12.0. The number of nitrogens with one attached hydrogen (secondary N) is 2. The van der Waals surface area contributed by atoms with Gasteiger partial charge in [-0.3, -0.25) is 20.4 Å². The molecule has 132 valence electrons. The van der Waals surface area contributed by atoms with Gasteiger partial charge < -0.3 is 4.74 Å². The number of thioether (sulfide) groups is 1. The molecule has 0 saturated carbocycles. The highest BCUT2D eigenvalue weighted by molar-refractivity contribution is 7.99. The lowest BCUT2D eigenvalue weighted by Crippen LogP contribution is -2.43. The topological polar surface area (TPSA) is 67.4 Å². The van der Waals surface area contributed by atoms with Crippen LogP contribution in [-0.2, 0) is 9.59 Å². The Kier molecular flexibility index (Phi) is 7.28. The lowest BCUT2D eigenvalue weighted by molar-refractivity contribution is -0.129. The summed E-state index contributed by atoms with van der Waals surface area (Å²) in [5.41, 5.74) is 5.67. The Hall–Kier alpha value is -2.54. The summed E-state index contributed by atoms with van der Waals surface area (Å²) in [5.74, 6) is 0.0714. The summed E-state index contributed by atoms with van der Waals surface area (Å²) in [4.78, 5) is 24.2. The van der Waals surface area contributed by atoms with Gasteiger partial charge in [-0.05, 0) is 48.9 Å². The molecular weight excluding hydrogens is 343 g/mol. The molecule has 0 aromatic heterocycles. The lowest BCUT2D eigenvalue weighted by atomic mass is 10.2. The molecule has 0 aliphatic carbocycles. The van der Waals surface area contributed by atoms with Crippen LogP contribution in [0.15, 0.2) is 53.4 Å². The number of hydrazine groups is 1. The molecular formula is C18H19FN2O3S. The fraction of sp³-hybridized carbons (Fsp3) is 0.222. The van der Waals surface area contributed by atoms with Crippen LogP contribution in [0.2, 0.25) is 0 Å². The summed E-state index contributed by atoms with van der Waals surface area (Å²) < 4.78 is 18.1. The Morgan fingerprint density at radius 2 is 1.80 bits per heavy atom. The molecule has 0 heterocycles. The van der Waals surface area contributed by atoms with E-state index in [0.29, 0.717) is 11.5 Å². The van der Waals surface area contributed by atoms with E-state index >= 15 is 0 Å². The minimum atomic E-state index is -0.443. The maximum Gasteiger partial charge on any atom is 0.276 e. The lowest BCUT2D eigenvalue weighted by Gasteiger charge is -2.09. The Balaban J connectivity index is 1.60. The Morgan fingerprint density at radius 1 is 1.08 bits per heavy atom. The molecule has 0 saturated heterocycles. The molecule has 2 amide bonds. The number of hydrogen-bond acceptors (Lipinski definition) is 4. The van der Waals surface area contributed by atoms with E-state index in [1.807, 2.05) is 25.1 Å². The van der Waals surface area contributed by atoms with E-state index in [4.69, 9.17) is 4.74 Å². The number of carbonyl (C=O) groups excluding carboxylic acids is 2. The maximum absolute atomic E-state index is 12.8. The van der Waals surface area contributed by atoms with Crippen molar-refractivity contribution in [2.75, 3.05) is 12.4 Å². The number of rotatable bonds is 7. The first kappa shape index (κ1) is 18.8. The van der Waals surface area contributed by atoms with Gasteiger partial charge in [-0.2, -0.15) is 0 Å². The zero-order valence-corrected chi connectivity index (χ0v) is 14.6. The highest BCUT2D eigenvalue weighted by Gasteiger charge is 2.06. The number of carbonyl (C=O) groups is 2. The van der Waals surface area contributed by atoms with Crippen LogP contribution in [0.1, 0.15) is 12.0 Å². The van der Waals surface area contributed by atoms with Crippen molar-refractivity contribution in [2.45, 2.75) is 18.2 Å². The van der Waals surface area contributed by atoms with Crippen LogP contribution in [-0.4, -0.2) is 24.2 Å². The third-order valence-corrected chi connectivity index (χ3v) is 4.13. The first-order valence-corrected chi connectivity index (χ1v) is 8.67. The monoisotopic (exact) mass is 362 g/mol. The molecule has 0 aliphatic heterocycles. The average Bonchev–Trinajstić information content (AvgIpc) is 2.60. The molecule has 0 unspecified atom stereocenters. The first-order valence-electron chi connectivity index (χ1n) is 7.68. The van der Waals surface area contributed by atoms with Crippen molar-refractivity contribution in [3.63, 3.8) is 0 Å². The van der Waals surface area contributed by atoms with Gasteiger partial charge in [0.2, 0.25) is 5.91 Å². The van der Waals surface area contributed by atoms with Gasteiger partial charge >= 0.3 is 0 Å². The fourth-order valence-electron chi connectivity index (χ4n) is 1.88. The quantitative estimate of drug-likeness (QED) is 0.587. The van der Waals surface area contributed by atoms with Crippen LogP contribution in [0.25, 0.3) is 0 Å². The van der Waals surface area contributed by atoms with E-state index in [2.05, 4.69) is 10.9 Å². The van der Waals surface area contributed by atoms with Crippen LogP contribution in [0.4, 0.5) is 4.39 Å². The highest BCUT2D eigenvalue weighted by atomic mass is 32.2. The van der Waals surface area contributed by atoms with E-state index < -0.39 is 5.91 Å². The SMILES string of the molecule is Cc1cccc(OCC(=O)NNC(=O)CCSc2ccc(F)cc2)c1. The highest BCUT2D eigenvalue weighted by Crippen LogP contribution is 2.18. The van der Waals surface area contributed by atoms with Gasteiger partial charge in [0.25, 0.3) is 5.91 Å². The molecule has 2 N–H and O–H groups in total. The number of halogens is 1. The molecule has 25 heavy (non-hydrogen) atoms. The van der Waals surface area contributed by atoms with E-state index in [9.17, 15) is 14.0 Å². The zero-order chi connectivity index (χ0) is 18.1. The standard InChI is InChI=1S/C18H19FN2O3S/c1-13-3-2-4-15(11-13)24-12-18(23)21-20-17(22)9-10-25-16-7-5-14(19)6-8-16/h2-8,11H,9-10,12H2,1H3,(H,20,22)(H,21,23). The molecule has 0 radical (unpaired) electrons. The molecule has 0 bridgehead atoms. The van der Waals surface area contributed by atoms with Crippen LogP contribution in [0, 0.1) is 12.7 Å². The molecule has 0 aliphatic rings. The largest absolute Gasteiger partial charge is 0.484 e. The third kappa shape index (κ3) is 7.26. The maximum atomic E-state index is 12.8. The summed E-state index contributed by atoms with van der Waals surface area (Å²) in [6.07, 6.45) is 0.223. The predicted molar refractivity (Wildman–Crippen MR) is 94.7 cm³/mol. The van der Waals surface area contributed by atoms with Crippen LogP contribution in [0.5, 0.6) is 5.75 Å². The Labute approximate surface area is 149 Å². The number of hydrogen-bond donors (Lipinski definition) is 2. The second kappa shape index (κ2) is 9.68. The summed E-state index contributed by atoms with van der Waals surface area (Å²) in [7, 11) is 0. The molecule has 5 nitrogen and oxygen atoms in total. The van der Waals surface area contributed by atoms with Gasteiger partial charge in [-0.15, -0.1) is 11.8 Å². The predicted octanol–water partition coefficient (Wildman–Crippen LogP) is 2.84. The second-order valence-electron chi connectivity index (χ2n) is 5.25. The molecule has 0 spiro atoms. The molecule has 2 aromatic carbocycles. The van der Waals surface area contributed by atoms with E-state index in [0.717, 1.165) is 10.5 Å². The van der Waals surface area contributed by atoms with Gasteiger partial charge in [0, 0.05) is 17.1 Å². The average molecular weight is 362 g/mol. The number of aryl methyl sites for hydroxylation is 1. The Morgan fingerprint density at radius 3 is 2.52 bits per heavy atom. The number of ether oxygens (including phenoxy) is 1. The van der Waals surface area contributed by atoms with Crippen molar-refractivity contribution in [3.8, 4) is 5.75 Å². The van der Waals surface area contributed by atoms with Crippen molar-refractivity contribution >= 4 is 23.6 Å². The molecule has 2 rings (SSSR count). The Bertz CT molecular complexity index is 723. The van der Waals surface area contributed by atoms with Crippen molar-refractivity contribution in [1.29, 1.82) is 0 Å². The van der Waals surface area contributed by atoms with Crippen molar-refractivity contribution in [3.05, 3.63) is 59.9 Å². The van der Waals surface area contributed by atoms with Crippen molar-refractivity contribution in [2.24, 2.45) is 0 Å². The van der Waals surface area contributed by atoms with Crippen LogP contribution < -0.4 is 15.6 Å². The van der Waals surface area contributed by atoms with Crippen LogP contribution in [0.3, 0.4) is 0 Å². The van der Waals surface area contributed by atoms with E-state index in [1.54, 1.807) is 18.2 Å². The summed E-state index contributed by atoms with van der Waals surface area (Å²) in [6, 6.07) is 13.4. The van der Waals surface area contributed by atoms with Gasteiger partial charge in [0.05, 0.1) is 0 Å². The summed E-state index contributed by atoms with van der Waals surface area (Å²) in [5, 5.41) is 0. The minimum Gasteiger partial charge on any atom is -0.484 e. The van der Waals surface area contributed by atoms with Gasteiger partial charge in [-0.25, -0.2) is 4.39 Å². The van der Waals surface area contributed by atoms with E-state index in [1.165, 1.54) is 23.9 Å². The van der Waals surface area contributed by atoms with Gasteiger partial charge in [-0.1, -0.05) is 12.1 Å². The fourth-order valence-corrected chi connectivity index (χ4v) is 2.74.